The van der Waals surface area contributed by atoms with Gasteiger partial charge in [0.25, 0.3) is 0 Å². The molecule has 0 spiro atoms. The molecule has 136 valence electrons. The average Bonchev–Trinajstić information content (AvgIpc) is 2.61. The van der Waals surface area contributed by atoms with Gasteiger partial charge in [0.05, 0.1) is 4.90 Å². The maximum atomic E-state index is 13.0. The molecule has 0 amide bonds. The summed E-state index contributed by atoms with van der Waals surface area (Å²) in [6.07, 6.45) is 5.57. The molecule has 0 atom stereocenters. The van der Waals surface area contributed by atoms with E-state index in [0.29, 0.717) is 11.4 Å². The van der Waals surface area contributed by atoms with E-state index in [1.807, 2.05) is 75.4 Å². The van der Waals surface area contributed by atoms with Crippen LogP contribution in [-0.2, 0) is 10.0 Å². The molecule has 0 aromatic heterocycles. The SMILES string of the molecule is CC(C)=C=CCN(C/C=C/c1ccccc1)S(=O)(=O)c1ccc(C)cc1. The van der Waals surface area contributed by atoms with Gasteiger partial charge in [0.1, 0.15) is 0 Å². The van der Waals surface area contributed by atoms with Gasteiger partial charge in [-0.15, -0.1) is 5.73 Å². The fourth-order valence-corrected chi connectivity index (χ4v) is 3.68. The third kappa shape index (κ3) is 5.85. The molecule has 0 aliphatic rings. The number of hydrogen-bond donors (Lipinski definition) is 0. The highest BCUT2D eigenvalue weighted by atomic mass is 32.2. The molecule has 0 fully saturated rings. The Kier molecular flexibility index (Phi) is 7.16. The lowest BCUT2D eigenvalue weighted by atomic mass is 10.2. The summed E-state index contributed by atoms with van der Waals surface area (Å²) in [5.41, 5.74) is 6.16. The Morgan fingerprint density at radius 1 is 1.00 bits per heavy atom. The lowest BCUT2D eigenvalue weighted by Crippen LogP contribution is -2.31. The maximum Gasteiger partial charge on any atom is 0.243 e. The average molecular weight is 368 g/mol. The van der Waals surface area contributed by atoms with E-state index >= 15 is 0 Å². The third-order valence-electron chi connectivity index (χ3n) is 3.76. The second-order valence-electron chi connectivity index (χ2n) is 6.30. The first-order chi connectivity index (χ1) is 12.4. The zero-order chi connectivity index (χ0) is 19.0. The highest BCUT2D eigenvalue weighted by Gasteiger charge is 2.22. The van der Waals surface area contributed by atoms with Crippen molar-refractivity contribution in [3.05, 3.63) is 89.2 Å². The summed E-state index contributed by atoms with van der Waals surface area (Å²) >= 11 is 0. The summed E-state index contributed by atoms with van der Waals surface area (Å²) in [6, 6.07) is 16.8. The zero-order valence-electron chi connectivity index (χ0n) is 15.5. The number of nitrogens with zero attached hydrogens (tertiary/aromatic N) is 1. The van der Waals surface area contributed by atoms with E-state index < -0.39 is 10.0 Å². The van der Waals surface area contributed by atoms with E-state index in [0.717, 1.165) is 16.7 Å². The highest BCUT2D eigenvalue weighted by molar-refractivity contribution is 7.89. The molecule has 0 N–H and O–H groups in total. The van der Waals surface area contributed by atoms with E-state index in [-0.39, 0.29) is 6.54 Å². The fourth-order valence-electron chi connectivity index (χ4n) is 2.35. The second kappa shape index (κ2) is 9.35. The van der Waals surface area contributed by atoms with Gasteiger partial charge in [-0.05, 0) is 50.1 Å². The van der Waals surface area contributed by atoms with Crippen molar-refractivity contribution in [2.45, 2.75) is 25.7 Å². The maximum absolute atomic E-state index is 13.0. The van der Waals surface area contributed by atoms with Crippen molar-refractivity contribution in [2.75, 3.05) is 13.1 Å². The van der Waals surface area contributed by atoms with Crippen molar-refractivity contribution in [3.63, 3.8) is 0 Å². The van der Waals surface area contributed by atoms with Crippen molar-refractivity contribution in [3.8, 4) is 0 Å². The van der Waals surface area contributed by atoms with Crippen molar-refractivity contribution in [2.24, 2.45) is 0 Å². The molecule has 0 bridgehead atoms. The Labute approximate surface area is 157 Å². The number of aryl methyl sites for hydroxylation is 1. The molecule has 2 aromatic carbocycles. The smallest absolute Gasteiger partial charge is 0.207 e. The quantitative estimate of drug-likeness (QED) is 0.658. The molecular weight excluding hydrogens is 342 g/mol. The van der Waals surface area contributed by atoms with Gasteiger partial charge >= 0.3 is 0 Å². The van der Waals surface area contributed by atoms with Crippen LogP contribution >= 0.6 is 0 Å². The molecule has 0 radical (unpaired) electrons. The molecule has 0 aliphatic heterocycles. The monoisotopic (exact) mass is 367 g/mol. The zero-order valence-corrected chi connectivity index (χ0v) is 16.3. The van der Waals surface area contributed by atoms with Gasteiger partial charge in [0, 0.05) is 13.1 Å². The Balaban J connectivity index is 2.26. The highest BCUT2D eigenvalue weighted by Crippen LogP contribution is 2.17. The lowest BCUT2D eigenvalue weighted by molar-refractivity contribution is 0.474. The summed E-state index contributed by atoms with van der Waals surface area (Å²) in [7, 11) is -3.57. The van der Waals surface area contributed by atoms with Crippen molar-refractivity contribution >= 4 is 16.1 Å². The predicted molar refractivity (Wildman–Crippen MR) is 108 cm³/mol. The van der Waals surface area contributed by atoms with E-state index in [2.05, 4.69) is 5.73 Å². The largest absolute Gasteiger partial charge is 0.243 e. The Morgan fingerprint density at radius 2 is 1.65 bits per heavy atom. The first-order valence-electron chi connectivity index (χ1n) is 8.56. The fraction of sp³-hybridized carbons (Fsp3) is 0.227. The summed E-state index contributed by atoms with van der Waals surface area (Å²) < 4.78 is 27.4. The Bertz CT molecular complexity index is 900. The summed E-state index contributed by atoms with van der Waals surface area (Å²) in [4.78, 5) is 0.307. The van der Waals surface area contributed by atoms with Crippen LogP contribution in [0, 0.1) is 6.92 Å². The van der Waals surface area contributed by atoms with Crippen molar-refractivity contribution in [1.29, 1.82) is 0 Å². The lowest BCUT2D eigenvalue weighted by Gasteiger charge is -2.19. The molecular formula is C22H25NO2S. The molecule has 2 rings (SSSR count). The van der Waals surface area contributed by atoms with Crippen LogP contribution in [0.3, 0.4) is 0 Å². The van der Waals surface area contributed by atoms with Crippen molar-refractivity contribution in [1.82, 2.24) is 4.31 Å². The van der Waals surface area contributed by atoms with Crippen LogP contribution in [0.15, 0.2) is 82.9 Å². The predicted octanol–water partition coefficient (Wildman–Crippen LogP) is 4.82. The molecule has 0 unspecified atom stereocenters. The van der Waals surface area contributed by atoms with Gasteiger partial charge in [-0.25, -0.2) is 8.42 Å². The Morgan fingerprint density at radius 3 is 2.27 bits per heavy atom. The summed E-state index contributed by atoms with van der Waals surface area (Å²) in [5, 5.41) is 0. The molecule has 0 heterocycles. The minimum absolute atomic E-state index is 0.278. The van der Waals surface area contributed by atoms with Crippen LogP contribution in [0.5, 0.6) is 0 Å². The van der Waals surface area contributed by atoms with Gasteiger partial charge in [-0.2, -0.15) is 4.31 Å². The van der Waals surface area contributed by atoms with E-state index in [4.69, 9.17) is 0 Å². The van der Waals surface area contributed by atoms with Gasteiger partial charge in [0.15, 0.2) is 0 Å². The molecule has 0 aliphatic carbocycles. The second-order valence-corrected chi connectivity index (χ2v) is 8.23. The third-order valence-corrected chi connectivity index (χ3v) is 5.61. The van der Waals surface area contributed by atoms with Crippen LogP contribution in [0.4, 0.5) is 0 Å². The van der Waals surface area contributed by atoms with Gasteiger partial charge in [0.2, 0.25) is 10.0 Å². The molecule has 2 aromatic rings. The molecule has 3 nitrogen and oxygen atoms in total. The first-order valence-corrected chi connectivity index (χ1v) is 10.0. The van der Waals surface area contributed by atoms with Crippen LogP contribution < -0.4 is 0 Å². The van der Waals surface area contributed by atoms with Gasteiger partial charge in [-0.1, -0.05) is 60.2 Å². The molecule has 4 heteroatoms. The minimum atomic E-state index is -3.57. The Hall–Kier alpha value is -2.39. The van der Waals surface area contributed by atoms with E-state index in [1.165, 1.54) is 4.31 Å². The molecule has 0 saturated carbocycles. The number of sulfonamides is 1. The van der Waals surface area contributed by atoms with Gasteiger partial charge < -0.3 is 0 Å². The normalized spacial score (nSPS) is 11.5. The topological polar surface area (TPSA) is 37.4 Å². The number of hydrogen-bond acceptors (Lipinski definition) is 2. The van der Waals surface area contributed by atoms with Crippen LogP contribution in [0.2, 0.25) is 0 Å². The van der Waals surface area contributed by atoms with Gasteiger partial charge in [-0.3, -0.25) is 0 Å². The summed E-state index contributed by atoms with van der Waals surface area (Å²) in [5.74, 6) is 0. The van der Waals surface area contributed by atoms with E-state index in [1.54, 1.807) is 18.2 Å². The van der Waals surface area contributed by atoms with Crippen LogP contribution in [-0.4, -0.2) is 25.8 Å². The molecule has 0 saturated heterocycles. The molecule has 26 heavy (non-hydrogen) atoms. The minimum Gasteiger partial charge on any atom is -0.207 e. The van der Waals surface area contributed by atoms with E-state index in [9.17, 15) is 8.42 Å². The van der Waals surface area contributed by atoms with Crippen molar-refractivity contribution < 1.29 is 8.42 Å². The standard InChI is InChI=1S/C22H25NO2S/c1-19(2)9-7-17-23(18-8-12-21-10-5-4-6-11-21)26(24,25)22-15-13-20(3)14-16-22/h4-8,10-16H,17-18H2,1-3H3/b12-8+. The number of rotatable bonds is 7. The first kappa shape index (κ1) is 19.9. The van der Waals surface area contributed by atoms with Crippen LogP contribution in [0.1, 0.15) is 25.0 Å². The van der Waals surface area contributed by atoms with Crippen LogP contribution in [0.25, 0.3) is 6.08 Å². The summed E-state index contributed by atoms with van der Waals surface area (Å²) in [6.45, 7) is 6.39. The number of benzene rings is 2.